The quantitative estimate of drug-likeness (QED) is 0.446. The smallest absolute Gasteiger partial charge is 0.259 e. The first-order valence-corrected chi connectivity index (χ1v) is 9.79. The molecule has 31 heavy (non-hydrogen) atoms. The molecule has 4 aromatic rings. The number of hydrogen-bond donors (Lipinski definition) is 1. The monoisotopic (exact) mass is 411 g/mol. The van der Waals surface area contributed by atoms with E-state index in [-0.39, 0.29) is 5.91 Å². The average molecular weight is 411 g/mol. The highest BCUT2D eigenvalue weighted by Gasteiger charge is 2.15. The average Bonchev–Trinajstić information content (AvgIpc) is 3.25. The maximum Gasteiger partial charge on any atom is 0.259 e. The number of amides is 1. The number of carbonyl (C=O) groups is 2. The number of rotatable bonds is 7. The minimum atomic E-state index is -0.292. The fourth-order valence-electron chi connectivity index (χ4n) is 3.16. The molecule has 6 nitrogen and oxygen atoms in total. The Balaban J connectivity index is 1.62. The molecule has 0 spiro atoms. The molecule has 154 valence electrons. The topological polar surface area (TPSA) is 73.2 Å². The Labute approximate surface area is 180 Å². The summed E-state index contributed by atoms with van der Waals surface area (Å²) in [5.41, 5.74) is 4.41. The molecule has 0 saturated carbocycles. The number of benzene rings is 3. The Bertz CT molecular complexity index is 1200. The maximum atomic E-state index is 13.0. The standard InChI is InChI=1S/C25H21N3O3/c1-28-15-21(14-26-28)20-9-12-23(24(13-20)31-17-19-5-3-2-4-6-19)25(30)27-22-10-7-18(16-29)8-11-22/h2-16H,17H2,1H3,(H,27,30). The van der Waals surface area contributed by atoms with Gasteiger partial charge in [-0.3, -0.25) is 14.3 Å². The molecule has 0 aliphatic heterocycles. The van der Waals surface area contributed by atoms with Gasteiger partial charge in [0.2, 0.25) is 0 Å². The van der Waals surface area contributed by atoms with Gasteiger partial charge in [0.25, 0.3) is 5.91 Å². The van der Waals surface area contributed by atoms with Crippen molar-refractivity contribution in [3.8, 4) is 16.9 Å². The number of hydrogen-bond acceptors (Lipinski definition) is 4. The van der Waals surface area contributed by atoms with Gasteiger partial charge in [-0.25, -0.2) is 0 Å². The van der Waals surface area contributed by atoms with Gasteiger partial charge >= 0.3 is 0 Å². The lowest BCUT2D eigenvalue weighted by Gasteiger charge is -2.14. The second kappa shape index (κ2) is 9.09. The van der Waals surface area contributed by atoms with Crippen LogP contribution in [0, 0.1) is 0 Å². The second-order valence-corrected chi connectivity index (χ2v) is 7.08. The number of ether oxygens (including phenoxy) is 1. The van der Waals surface area contributed by atoms with E-state index < -0.39 is 0 Å². The van der Waals surface area contributed by atoms with E-state index in [1.807, 2.05) is 55.7 Å². The first kappa shape index (κ1) is 20.1. The summed E-state index contributed by atoms with van der Waals surface area (Å²) < 4.78 is 7.78. The van der Waals surface area contributed by atoms with Crippen molar-refractivity contribution < 1.29 is 14.3 Å². The number of anilines is 1. The van der Waals surface area contributed by atoms with E-state index in [0.29, 0.717) is 29.2 Å². The molecular formula is C25H21N3O3. The zero-order valence-corrected chi connectivity index (χ0v) is 17.0. The normalized spacial score (nSPS) is 10.5. The number of nitrogens with zero attached hydrogens (tertiary/aromatic N) is 2. The van der Waals surface area contributed by atoms with Crippen LogP contribution in [0.15, 0.2) is 85.2 Å². The van der Waals surface area contributed by atoms with Crippen LogP contribution >= 0.6 is 0 Å². The van der Waals surface area contributed by atoms with Crippen molar-refractivity contribution in [2.45, 2.75) is 6.61 Å². The van der Waals surface area contributed by atoms with Gasteiger partial charge in [0.05, 0.1) is 11.8 Å². The van der Waals surface area contributed by atoms with Gasteiger partial charge < -0.3 is 10.1 Å². The summed E-state index contributed by atoms with van der Waals surface area (Å²) in [4.78, 5) is 23.8. The van der Waals surface area contributed by atoms with Gasteiger partial charge in [0.15, 0.2) is 0 Å². The molecular weight excluding hydrogens is 390 g/mol. The summed E-state index contributed by atoms with van der Waals surface area (Å²) in [6.45, 7) is 0.339. The van der Waals surface area contributed by atoms with Crippen LogP contribution in [0.1, 0.15) is 26.3 Å². The third kappa shape index (κ3) is 4.87. The van der Waals surface area contributed by atoms with Gasteiger partial charge in [-0.15, -0.1) is 0 Å². The highest BCUT2D eigenvalue weighted by atomic mass is 16.5. The van der Waals surface area contributed by atoms with Gasteiger partial charge in [-0.2, -0.15) is 5.10 Å². The predicted molar refractivity (Wildman–Crippen MR) is 119 cm³/mol. The highest BCUT2D eigenvalue weighted by Crippen LogP contribution is 2.29. The Morgan fingerprint density at radius 2 is 1.81 bits per heavy atom. The van der Waals surface area contributed by atoms with Crippen LogP contribution in [0.3, 0.4) is 0 Å². The van der Waals surface area contributed by atoms with Crippen molar-refractivity contribution in [2.24, 2.45) is 7.05 Å². The van der Waals surface area contributed by atoms with Crippen molar-refractivity contribution in [2.75, 3.05) is 5.32 Å². The molecule has 1 heterocycles. The van der Waals surface area contributed by atoms with Crippen LogP contribution in [0.5, 0.6) is 5.75 Å². The van der Waals surface area contributed by atoms with Crippen LogP contribution in [-0.4, -0.2) is 22.0 Å². The van der Waals surface area contributed by atoms with Crippen molar-refractivity contribution >= 4 is 17.9 Å². The molecule has 0 fully saturated rings. The first-order valence-electron chi connectivity index (χ1n) is 9.79. The summed E-state index contributed by atoms with van der Waals surface area (Å²) in [6.07, 6.45) is 4.44. The Kier molecular flexibility index (Phi) is 5.89. The minimum absolute atomic E-state index is 0.292. The van der Waals surface area contributed by atoms with Crippen molar-refractivity contribution in [1.29, 1.82) is 0 Å². The third-order valence-electron chi connectivity index (χ3n) is 4.81. The van der Waals surface area contributed by atoms with E-state index in [1.165, 1.54) is 0 Å². The molecule has 0 aliphatic carbocycles. The molecule has 6 heteroatoms. The van der Waals surface area contributed by atoms with Crippen molar-refractivity contribution in [3.05, 3.63) is 102 Å². The lowest BCUT2D eigenvalue weighted by molar-refractivity contribution is 0.102. The largest absolute Gasteiger partial charge is 0.488 e. The summed E-state index contributed by atoms with van der Waals surface area (Å²) in [6, 6.07) is 21.9. The van der Waals surface area contributed by atoms with Crippen LogP contribution in [0.4, 0.5) is 5.69 Å². The SMILES string of the molecule is Cn1cc(-c2ccc(C(=O)Nc3ccc(C=O)cc3)c(OCc3ccccc3)c2)cn1. The van der Waals surface area contributed by atoms with E-state index in [0.717, 1.165) is 23.0 Å². The molecule has 1 amide bonds. The minimum Gasteiger partial charge on any atom is -0.488 e. The predicted octanol–water partition coefficient (Wildman–Crippen LogP) is 4.73. The fourth-order valence-corrected chi connectivity index (χ4v) is 3.16. The van der Waals surface area contributed by atoms with Crippen LogP contribution in [0.2, 0.25) is 0 Å². The van der Waals surface area contributed by atoms with E-state index >= 15 is 0 Å². The highest BCUT2D eigenvalue weighted by molar-refractivity contribution is 6.06. The summed E-state index contributed by atoms with van der Waals surface area (Å²) >= 11 is 0. The van der Waals surface area contributed by atoms with Gasteiger partial charge in [0, 0.05) is 30.1 Å². The Hall–Kier alpha value is -4.19. The van der Waals surface area contributed by atoms with Crippen molar-refractivity contribution in [3.63, 3.8) is 0 Å². The summed E-state index contributed by atoms with van der Waals surface area (Å²) in [5, 5.41) is 7.08. The summed E-state index contributed by atoms with van der Waals surface area (Å²) in [7, 11) is 1.86. The molecule has 3 aromatic carbocycles. The maximum absolute atomic E-state index is 13.0. The molecule has 1 N–H and O–H groups in total. The molecule has 0 atom stereocenters. The third-order valence-corrected chi connectivity index (χ3v) is 4.81. The zero-order chi connectivity index (χ0) is 21.6. The van der Waals surface area contributed by atoms with E-state index in [9.17, 15) is 9.59 Å². The van der Waals surface area contributed by atoms with Gasteiger partial charge in [-0.1, -0.05) is 36.4 Å². The molecule has 0 aliphatic rings. The molecule has 0 saturated heterocycles. The second-order valence-electron chi connectivity index (χ2n) is 7.08. The molecule has 0 bridgehead atoms. The van der Waals surface area contributed by atoms with E-state index in [1.54, 1.807) is 41.2 Å². The van der Waals surface area contributed by atoms with E-state index in [2.05, 4.69) is 10.4 Å². The lowest BCUT2D eigenvalue weighted by Crippen LogP contribution is -2.14. The number of nitrogens with one attached hydrogen (secondary N) is 1. The van der Waals surface area contributed by atoms with Crippen LogP contribution in [-0.2, 0) is 13.7 Å². The fraction of sp³-hybridized carbons (Fsp3) is 0.0800. The van der Waals surface area contributed by atoms with Crippen LogP contribution in [0.25, 0.3) is 11.1 Å². The number of aromatic nitrogens is 2. The van der Waals surface area contributed by atoms with Gasteiger partial charge in [0.1, 0.15) is 18.6 Å². The Morgan fingerprint density at radius 1 is 1.03 bits per heavy atom. The van der Waals surface area contributed by atoms with Crippen LogP contribution < -0.4 is 10.1 Å². The van der Waals surface area contributed by atoms with E-state index in [4.69, 9.17) is 4.74 Å². The Morgan fingerprint density at radius 3 is 2.48 bits per heavy atom. The number of carbonyl (C=O) groups excluding carboxylic acids is 2. The van der Waals surface area contributed by atoms with Crippen molar-refractivity contribution in [1.82, 2.24) is 9.78 Å². The molecule has 0 radical (unpaired) electrons. The molecule has 1 aromatic heterocycles. The molecule has 4 rings (SSSR count). The molecule has 0 unspecified atom stereocenters. The number of aldehydes is 1. The number of aryl methyl sites for hydroxylation is 1. The summed E-state index contributed by atoms with van der Waals surface area (Å²) in [5.74, 6) is 0.187. The first-order chi connectivity index (χ1) is 15.1. The lowest BCUT2D eigenvalue weighted by atomic mass is 10.1. The zero-order valence-electron chi connectivity index (χ0n) is 17.0. The van der Waals surface area contributed by atoms with Gasteiger partial charge in [-0.05, 0) is 47.5 Å².